The summed E-state index contributed by atoms with van der Waals surface area (Å²) in [4.78, 5) is 16.0. The summed E-state index contributed by atoms with van der Waals surface area (Å²) in [6, 6.07) is 1.92. The summed E-state index contributed by atoms with van der Waals surface area (Å²) >= 11 is 0. The van der Waals surface area contributed by atoms with Crippen LogP contribution in [0.2, 0.25) is 0 Å². The number of hydrogen-bond donors (Lipinski definition) is 0. The Balaban J connectivity index is 2.29. The maximum absolute atomic E-state index is 11.9. The monoisotopic (exact) mass is 247 g/mol. The molecule has 96 valence electrons. The highest BCUT2D eigenvalue weighted by Crippen LogP contribution is 2.13. The van der Waals surface area contributed by atoms with Crippen LogP contribution in [-0.2, 0) is 18.3 Å². The van der Waals surface area contributed by atoms with Gasteiger partial charge in [-0.05, 0) is 25.5 Å². The minimum absolute atomic E-state index is 0.276. The van der Waals surface area contributed by atoms with E-state index in [0.717, 1.165) is 11.3 Å². The predicted molar refractivity (Wildman–Crippen MR) is 67.4 cm³/mol. The van der Waals surface area contributed by atoms with E-state index in [1.165, 1.54) is 0 Å². The third-order valence-electron chi connectivity index (χ3n) is 2.88. The number of aryl methyl sites for hydroxylation is 2. The minimum Gasteiger partial charge on any atom is -0.461 e. The highest BCUT2D eigenvalue weighted by Gasteiger charge is 2.16. The lowest BCUT2D eigenvalue weighted by atomic mass is 10.2. The SMILES string of the molecule is CCOC(=O)c1c(C)ccn1Cc1cncn1C. The van der Waals surface area contributed by atoms with Crippen LogP contribution in [0.1, 0.15) is 28.7 Å². The molecule has 0 fully saturated rings. The molecular formula is C13H17N3O2. The van der Waals surface area contributed by atoms with Gasteiger partial charge in [0.05, 0.1) is 25.2 Å². The van der Waals surface area contributed by atoms with Gasteiger partial charge in [0.2, 0.25) is 0 Å². The van der Waals surface area contributed by atoms with Crippen molar-refractivity contribution in [1.82, 2.24) is 14.1 Å². The highest BCUT2D eigenvalue weighted by atomic mass is 16.5. The molecule has 0 N–H and O–H groups in total. The van der Waals surface area contributed by atoms with Gasteiger partial charge in [0.15, 0.2) is 0 Å². The quantitative estimate of drug-likeness (QED) is 0.773. The van der Waals surface area contributed by atoms with E-state index in [2.05, 4.69) is 4.98 Å². The smallest absolute Gasteiger partial charge is 0.355 e. The van der Waals surface area contributed by atoms with Gasteiger partial charge in [-0.25, -0.2) is 9.78 Å². The first-order valence-corrected chi connectivity index (χ1v) is 5.91. The molecule has 0 saturated carbocycles. The van der Waals surface area contributed by atoms with Crippen LogP contribution >= 0.6 is 0 Å². The minimum atomic E-state index is -0.276. The molecule has 2 aromatic rings. The fourth-order valence-corrected chi connectivity index (χ4v) is 1.90. The molecule has 0 aliphatic rings. The van der Waals surface area contributed by atoms with Crippen molar-refractivity contribution in [2.75, 3.05) is 6.61 Å². The van der Waals surface area contributed by atoms with Crippen LogP contribution in [0.4, 0.5) is 0 Å². The van der Waals surface area contributed by atoms with Gasteiger partial charge >= 0.3 is 5.97 Å². The number of ether oxygens (including phenoxy) is 1. The maximum atomic E-state index is 11.9. The Labute approximate surface area is 106 Å². The van der Waals surface area contributed by atoms with Crippen molar-refractivity contribution in [1.29, 1.82) is 0 Å². The van der Waals surface area contributed by atoms with Gasteiger partial charge in [-0.15, -0.1) is 0 Å². The average molecular weight is 247 g/mol. The van der Waals surface area contributed by atoms with Crippen LogP contribution in [0.3, 0.4) is 0 Å². The van der Waals surface area contributed by atoms with Gasteiger partial charge in [0.25, 0.3) is 0 Å². The molecule has 5 heteroatoms. The second-order valence-electron chi connectivity index (χ2n) is 4.19. The van der Waals surface area contributed by atoms with Gasteiger partial charge in [0, 0.05) is 19.4 Å². The molecule has 0 aromatic carbocycles. The van der Waals surface area contributed by atoms with E-state index in [1.807, 2.05) is 42.3 Å². The topological polar surface area (TPSA) is 49.1 Å². The molecule has 0 radical (unpaired) electrons. The van der Waals surface area contributed by atoms with Crippen LogP contribution < -0.4 is 0 Å². The fraction of sp³-hybridized carbons (Fsp3) is 0.385. The molecule has 2 rings (SSSR count). The van der Waals surface area contributed by atoms with Crippen molar-refractivity contribution < 1.29 is 9.53 Å². The summed E-state index contributed by atoms with van der Waals surface area (Å²) < 4.78 is 8.90. The van der Waals surface area contributed by atoms with Crippen molar-refractivity contribution >= 4 is 5.97 Å². The molecule has 0 saturated heterocycles. The second-order valence-corrected chi connectivity index (χ2v) is 4.19. The van der Waals surface area contributed by atoms with Crippen molar-refractivity contribution in [2.45, 2.75) is 20.4 Å². The van der Waals surface area contributed by atoms with Gasteiger partial charge < -0.3 is 13.9 Å². The zero-order chi connectivity index (χ0) is 13.1. The first kappa shape index (κ1) is 12.4. The second kappa shape index (κ2) is 5.08. The summed E-state index contributed by atoms with van der Waals surface area (Å²) in [7, 11) is 1.93. The van der Waals surface area contributed by atoms with E-state index in [-0.39, 0.29) is 5.97 Å². The summed E-state index contributed by atoms with van der Waals surface area (Å²) in [5.74, 6) is -0.276. The predicted octanol–water partition coefficient (Wildman–Crippen LogP) is 1.76. The van der Waals surface area contributed by atoms with Gasteiger partial charge in [-0.3, -0.25) is 0 Å². The lowest BCUT2D eigenvalue weighted by molar-refractivity contribution is 0.0513. The zero-order valence-corrected chi connectivity index (χ0v) is 10.9. The van der Waals surface area contributed by atoms with Crippen LogP contribution in [-0.4, -0.2) is 26.7 Å². The molecule has 0 spiro atoms. The average Bonchev–Trinajstić information content (AvgIpc) is 2.88. The molecule has 0 bridgehead atoms. The molecule has 0 aliphatic carbocycles. The summed E-state index contributed by atoms with van der Waals surface area (Å²) in [6.07, 6.45) is 5.44. The lowest BCUT2D eigenvalue weighted by Crippen LogP contribution is -2.14. The van der Waals surface area contributed by atoms with Crippen molar-refractivity contribution in [2.24, 2.45) is 7.05 Å². The number of carbonyl (C=O) groups is 1. The van der Waals surface area contributed by atoms with E-state index >= 15 is 0 Å². The fourth-order valence-electron chi connectivity index (χ4n) is 1.90. The molecule has 0 unspecified atom stereocenters. The van der Waals surface area contributed by atoms with Crippen LogP contribution in [0.5, 0.6) is 0 Å². The lowest BCUT2D eigenvalue weighted by Gasteiger charge is -2.09. The van der Waals surface area contributed by atoms with E-state index in [4.69, 9.17) is 4.74 Å². The van der Waals surface area contributed by atoms with Crippen LogP contribution in [0.15, 0.2) is 24.8 Å². The highest BCUT2D eigenvalue weighted by molar-refractivity contribution is 5.89. The first-order valence-electron chi connectivity index (χ1n) is 5.91. The molecule has 2 aromatic heterocycles. The largest absolute Gasteiger partial charge is 0.461 e. The molecule has 0 amide bonds. The number of rotatable bonds is 4. The Morgan fingerprint density at radius 2 is 2.28 bits per heavy atom. The zero-order valence-electron chi connectivity index (χ0n) is 10.9. The molecule has 2 heterocycles. The Morgan fingerprint density at radius 3 is 2.89 bits per heavy atom. The summed E-state index contributed by atoms with van der Waals surface area (Å²) in [5, 5.41) is 0. The number of nitrogens with zero attached hydrogens (tertiary/aromatic N) is 3. The Hall–Kier alpha value is -2.04. The van der Waals surface area contributed by atoms with E-state index in [9.17, 15) is 4.79 Å². The van der Waals surface area contributed by atoms with Gasteiger partial charge in [-0.1, -0.05) is 0 Å². The Bertz CT molecular complexity index is 554. The van der Waals surface area contributed by atoms with Crippen molar-refractivity contribution in [3.05, 3.63) is 41.7 Å². The van der Waals surface area contributed by atoms with Crippen molar-refractivity contribution in [3.8, 4) is 0 Å². The normalized spacial score (nSPS) is 10.6. The third kappa shape index (κ3) is 2.30. The third-order valence-corrected chi connectivity index (χ3v) is 2.88. The standard InChI is InChI=1S/C13H17N3O2/c1-4-18-13(17)12-10(2)5-6-16(12)8-11-7-14-9-15(11)3/h5-7,9H,4,8H2,1-3H3. The Kier molecular flexibility index (Phi) is 3.50. The van der Waals surface area contributed by atoms with Crippen LogP contribution in [0, 0.1) is 6.92 Å². The number of imidazole rings is 1. The Morgan fingerprint density at radius 1 is 1.50 bits per heavy atom. The van der Waals surface area contributed by atoms with Gasteiger partial charge in [-0.2, -0.15) is 0 Å². The first-order chi connectivity index (χ1) is 8.63. The number of esters is 1. The molecular weight excluding hydrogens is 230 g/mol. The molecule has 5 nitrogen and oxygen atoms in total. The van der Waals surface area contributed by atoms with Crippen LogP contribution in [0.25, 0.3) is 0 Å². The van der Waals surface area contributed by atoms with E-state index in [1.54, 1.807) is 12.5 Å². The molecule has 0 aliphatic heterocycles. The number of aromatic nitrogens is 3. The molecule has 0 atom stereocenters. The van der Waals surface area contributed by atoms with E-state index in [0.29, 0.717) is 18.8 Å². The van der Waals surface area contributed by atoms with Gasteiger partial charge in [0.1, 0.15) is 5.69 Å². The summed E-state index contributed by atoms with van der Waals surface area (Å²) in [6.45, 7) is 4.71. The number of hydrogen-bond acceptors (Lipinski definition) is 3. The van der Waals surface area contributed by atoms with Crippen molar-refractivity contribution in [3.63, 3.8) is 0 Å². The summed E-state index contributed by atoms with van der Waals surface area (Å²) in [5.41, 5.74) is 2.57. The van der Waals surface area contributed by atoms with E-state index < -0.39 is 0 Å². The molecule has 18 heavy (non-hydrogen) atoms. The maximum Gasteiger partial charge on any atom is 0.355 e. The number of carbonyl (C=O) groups excluding carboxylic acids is 1.